The number of hydrogen-bond acceptors (Lipinski definition) is 4. The second-order valence-electron chi connectivity index (χ2n) is 5.57. The van der Waals surface area contributed by atoms with E-state index in [-0.39, 0.29) is 0 Å². The first-order valence-electron chi connectivity index (χ1n) is 7.50. The average molecular weight is 270 g/mol. The number of nitrogens with two attached hydrogens (primary N) is 1. The lowest BCUT2D eigenvalue weighted by molar-refractivity contribution is 0.581. The number of nitrogens with zero attached hydrogens (tertiary/aromatic N) is 3. The molecule has 1 saturated heterocycles. The molecule has 0 radical (unpaired) electrons. The van der Waals surface area contributed by atoms with Gasteiger partial charge < -0.3 is 10.6 Å². The molecule has 1 fully saturated rings. The molecule has 2 N–H and O–H groups in total. The summed E-state index contributed by atoms with van der Waals surface area (Å²) in [5.74, 6) is 1.05. The number of anilines is 1. The number of hydrogen-bond donors (Lipinski definition) is 1. The molecule has 1 aromatic carbocycles. The molecule has 4 nitrogen and oxygen atoms in total. The zero-order chi connectivity index (χ0) is 13.9. The maximum atomic E-state index is 5.65. The van der Waals surface area contributed by atoms with E-state index in [2.05, 4.69) is 39.4 Å². The van der Waals surface area contributed by atoms with Crippen molar-refractivity contribution in [1.82, 2.24) is 10.2 Å². The largest absolute Gasteiger partial charge is 0.352 e. The van der Waals surface area contributed by atoms with Gasteiger partial charge in [0.2, 0.25) is 0 Å². The summed E-state index contributed by atoms with van der Waals surface area (Å²) in [6, 6.07) is 9.01. The Morgan fingerprint density at radius 3 is 2.85 bits per heavy atom. The molecular formula is C16H22N4. The minimum absolute atomic E-state index is 0.568. The summed E-state index contributed by atoms with van der Waals surface area (Å²) < 4.78 is 0. The minimum Gasteiger partial charge on any atom is -0.352 e. The molecule has 1 unspecified atom stereocenters. The van der Waals surface area contributed by atoms with E-state index in [1.54, 1.807) is 0 Å². The maximum Gasteiger partial charge on any atom is 0.159 e. The minimum atomic E-state index is 0.568. The number of benzene rings is 1. The Balaban J connectivity index is 1.99. The van der Waals surface area contributed by atoms with Crippen LogP contribution in [-0.2, 0) is 0 Å². The quantitative estimate of drug-likeness (QED) is 0.928. The number of aryl methyl sites for hydroxylation is 1. The molecule has 2 aromatic rings. The van der Waals surface area contributed by atoms with Gasteiger partial charge in [-0.15, -0.1) is 5.10 Å². The Hall–Kier alpha value is -1.68. The zero-order valence-electron chi connectivity index (χ0n) is 12.0. The van der Waals surface area contributed by atoms with Gasteiger partial charge in [0.1, 0.15) is 0 Å². The predicted molar refractivity (Wildman–Crippen MR) is 82.9 cm³/mol. The van der Waals surface area contributed by atoms with Gasteiger partial charge in [-0.25, -0.2) is 0 Å². The van der Waals surface area contributed by atoms with E-state index >= 15 is 0 Å². The van der Waals surface area contributed by atoms with Crippen LogP contribution in [0.3, 0.4) is 0 Å². The highest BCUT2D eigenvalue weighted by Crippen LogP contribution is 2.32. The molecule has 1 aromatic heterocycles. The molecule has 1 aliphatic rings. The third-order valence-corrected chi connectivity index (χ3v) is 4.24. The van der Waals surface area contributed by atoms with Crippen LogP contribution in [-0.4, -0.2) is 29.3 Å². The second-order valence-corrected chi connectivity index (χ2v) is 5.57. The van der Waals surface area contributed by atoms with E-state index in [4.69, 9.17) is 5.73 Å². The summed E-state index contributed by atoms with van der Waals surface area (Å²) >= 11 is 0. The van der Waals surface area contributed by atoms with Crippen LogP contribution in [0.2, 0.25) is 0 Å². The number of rotatable bonds is 4. The second kappa shape index (κ2) is 5.75. The summed E-state index contributed by atoms with van der Waals surface area (Å²) in [6.07, 6.45) is 4.71. The van der Waals surface area contributed by atoms with E-state index in [0.29, 0.717) is 6.04 Å². The van der Waals surface area contributed by atoms with Gasteiger partial charge >= 0.3 is 0 Å². The Bertz CT molecular complexity index is 596. The first-order chi connectivity index (χ1) is 9.81. The normalized spacial score (nSPS) is 18.9. The fourth-order valence-electron chi connectivity index (χ4n) is 3.20. The van der Waals surface area contributed by atoms with E-state index < -0.39 is 0 Å². The molecule has 0 aliphatic carbocycles. The lowest BCUT2D eigenvalue weighted by atomic mass is 10.1. The molecule has 0 bridgehead atoms. The molecule has 1 atom stereocenters. The van der Waals surface area contributed by atoms with Crippen molar-refractivity contribution in [3.05, 3.63) is 30.0 Å². The van der Waals surface area contributed by atoms with Gasteiger partial charge in [0.15, 0.2) is 5.82 Å². The van der Waals surface area contributed by atoms with E-state index in [0.717, 1.165) is 37.4 Å². The Morgan fingerprint density at radius 1 is 1.25 bits per heavy atom. The highest BCUT2D eigenvalue weighted by molar-refractivity contribution is 5.93. The van der Waals surface area contributed by atoms with Crippen molar-refractivity contribution < 1.29 is 0 Å². The third-order valence-electron chi connectivity index (χ3n) is 4.24. The Labute approximate surface area is 120 Å². The Morgan fingerprint density at radius 2 is 2.05 bits per heavy atom. The van der Waals surface area contributed by atoms with Crippen molar-refractivity contribution >= 4 is 16.6 Å². The molecule has 20 heavy (non-hydrogen) atoms. The molecule has 4 heteroatoms. The molecule has 0 spiro atoms. The average Bonchev–Trinajstić information content (AvgIpc) is 2.94. The van der Waals surface area contributed by atoms with Crippen molar-refractivity contribution in [3.8, 4) is 0 Å². The van der Waals surface area contributed by atoms with Crippen molar-refractivity contribution in [3.63, 3.8) is 0 Å². The fraction of sp³-hybridized carbons (Fsp3) is 0.500. The first-order valence-corrected chi connectivity index (χ1v) is 7.50. The molecular weight excluding hydrogens is 248 g/mol. The van der Waals surface area contributed by atoms with Crippen LogP contribution in [0.15, 0.2) is 24.3 Å². The van der Waals surface area contributed by atoms with E-state index in [1.807, 2.05) is 6.92 Å². The highest BCUT2D eigenvalue weighted by atomic mass is 15.3. The topological polar surface area (TPSA) is 55.0 Å². The summed E-state index contributed by atoms with van der Waals surface area (Å²) in [7, 11) is 0. The van der Waals surface area contributed by atoms with Gasteiger partial charge in [-0.05, 0) is 39.2 Å². The molecule has 0 saturated carbocycles. The third kappa shape index (κ3) is 2.36. The van der Waals surface area contributed by atoms with Gasteiger partial charge in [-0.2, -0.15) is 5.10 Å². The van der Waals surface area contributed by atoms with Crippen LogP contribution in [0, 0.1) is 6.92 Å². The standard InChI is InChI=1S/C16H22N4/c1-12-14-8-2-3-9-15(14)16(19-18-12)20-11-5-7-13(20)6-4-10-17/h2-3,8-9,13H,4-7,10-11,17H2,1H3. The van der Waals surface area contributed by atoms with Gasteiger partial charge in [-0.1, -0.05) is 24.3 Å². The Kier molecular flexibility index (Phi) is 3.83. The van der Waals surface area contributed by atoms with Crippen LogP contribution in [0.1, 0.15) is 31.4 Å². The van der Waals surface area contributed by atoms with Crippen LogP contribution < -0.4 is 10.6 Å². The summed E-state index contributed by atoms with van der Waals surface area (Å²) in [5, 5.41) is 11.3. The zero-order valence-corrected chi connectivity index (χ0v) is 12.0. The fourth-order valence-corrected chi connectivity index (χ4v) is 3.20. The lowest BCUT2D eigenvalue weighted by Gasteiger charge is -2.26. The lowest BCUT2D eigenvalue weighted by Crippen LogP contribution is -2.31. The van der Waals surface area contributed by atoms with Crippen molar-refractivity contribution in [2.24, 2.45) is 5.73 Å². The summed E-state index contributed by atoms with van der Waals surface area (Å²) in [6.45, 7) is 3.87. The van der Waals surface area contributed by atoms with Gasteiger partial charge in [0.05, 0.1) is 5.69 Å². The SMILES string of the molecule is Cc1nnc(N2CCCC2CCCN)c2ccccc12. The van der Waals surface area contributed by atoms with Crippen LogP contribution in [0.25, 0.3) is 10.8 Å². The molecule has 3 rings (SSSR count). The van der Waals surface area contributed by atoms with Crippen molar-refractivity contribution in [2.75, 3.05) is 18.0 Å². The summed E-state index contributed by atoms with van der Waals surface area (Å²) in [4.78, 5) is 2.43. The van der Waals surface area contributed by atoms with Crippen LogP contribution in [0.5, 0.6) is 0 Å². The number of fused-ring (bicyclic) bond motifs is 1. The van der Waals surface area contributed by atoms with Gasteiger partial charge in [0.25, 0.3) is 0 Å². The molecule has 2 heterocycles. The number of aromatic nitrogens is 2. The van der Waals surface area contributed by atoms with Crippen molar-refractivity contribution in [2.45, 2.75) is 38.6 Å². The van der Waals surface area contributed by atoms with E-state index in [9.17, 15) is 0 Å². The first kappa shape index (κ1) is 13.3. The smallest absolute Gasteiger partial charge is 0.159 e. The van der Waals surface area contributed by atoms with E-state index in [1.165, 1.54) is 23.6 Å². The summed E-state index contributed by atoms with van der Waals surface area (Å²) in [5.41, 5.74) is 6.66. The van der Waals surface area contributed by atoms with Gasteiger partial charge in [-0.3, -0.25) is 0 Å². The molecule has 1 aliphatic heterocycles. The monoisotopic (exact) mass is 270 g/mol. The molecule has 0 amide bonds. The maximum absolute atomic E-state index is 5.65. The van der Waals surface area contributed by atoms with Crippen LogP contribution >= 0.6 is 0 Å². The highest BCUT2D eigenvalue weighted by Gasteiger charge is 2.26. The molecule has 106 valence electrons. The van der Waals surface area contributed by atoms with Gasteiger partial charge in [0, 0.05) is 23.4 Å². The van der Waals surface area contributed by atoms with Crippen LogP contribution in [0.4, 0.5) is 5.82 Å². The predicted octanol–water partition coefficient (Wildman–Crippen LogP) is 2.65. The van der Waals surface area contributed by atoms with Crippen molar-refractivity contribution in [1.29, 1.82) is 0 Å².